The van der Waals surface area contributed by atoms with E-state index in [1.54, 1.807) is 4.90 Å². The predicted molar refractivity (Wildman–Crippen MR) is 120 cm³/mol. The third kappa shape index (κ3) is 4.98. The molecule has 2 aromatic rings. The number of carbonyl (C=O) groups excluding carboxylic acids is 2. The molecule has 2 amide bonds. The number of ether oxygens (including phenoxy) is 1. The maximum Gasteiger partial charge on any atom is 0.410 e. The maximum atomic E-state index is 12.6. The first-order chi connectivity index (χ1) is 14.8. The third-order valence-electron chi connectivity index (χ3n) is 5.54. The molecular formula is C24H30N4O3. The smallest absolute Gasteiger partial charge is 0.410 e. The van der Waals surface area contributed by atoms with Gasteiger partial charge in [-0.15, -0.1) is 0 Å². The van der Waals surface area contributed by atoms with Crippen molar-refractivity contribution >= 4 is 17.7 Å². The average Bonchev–Trinajstić information content (AvgIpc) is 2.73. The second-order valence-electron chi connectivity index (χ2n) is 9.13. The number of likely N-dealkylation sites (tertiary alicyclic amines) is 1. The quantitative estimate of drug-likeness (QED) is 0.785. The van der Waals surface area contributed by atoms with Crippen LogP contribution in [0.2, 0.25) is 0 Å². The molecule has 1 fully saturated rings. The number of rotatable bonds is 3. The molecule has 0 atom stereocenters. The van der Waals surface area contributed by atoms with Crippen molar-refractivity contribution in [2.75, 3.05) is 25.0 Å². The Balaban J connectivity index is 1.52. The van der Waals surface area contributed by atoms with Crippen molar-refractivity contribution < 1.29 is 14.3 Å². The van der Waals surface area contributed by atoms with Crippen molar-refractivity contribution in [2.24, 2.45) is 0 Å². The van der Waals surface area contributed by atoms with Crippen molar-refractivity contribution in [3.63, 3.8) is 0 Å². The molecule has 0 aliphatic carbocycles. The molecule has 0 bridgehead atoms. The average molecular weight is 423 g/mol. The standard InChI is InChI=1S/C24H30N4O3/c1-24(2,3)31-23(30)28-13-10-17(11-14-28)26-20-15-19(16-7-5-4-6-8-16)27-18-9-12-25-22(29)21(18)20/h4-8,15,17H,9-14H2,1-3H3,(H,25,29)(H,26,27). The number of pyridine rings is 1. The van der Waals surface area contributed by atoms with Crippen LogP contribution in [-0.4, -0.2) is 53.2 Å². The van der Waals surface area contributed by atoms with E-state index in [4.69, 9.17) is 9.72 Å². The van der Waals surface area contributed by atoms with Gasteiger partial charge in [-0.2, -0.15) is 0 Å². The lowest BCUT2D eigenvalue weighted by atomic mass is 9.99. The molecule has 164 valence electrons. The monoisotopic (exact) mass is 422 g/mol. The van der Waals surface area contributed by atoms with Crippen LogP contribution in [-0.2, 0) is 11.2 Å². The Morgan fingerprint density at radius 3 is 2.58 bits per heavy atom. The zero-order valence-corrected chi connectivity index (χ0v) is 18.4. The molecule has 0 unspecified atom stereocenters. The first-order valence-corrected chi connectivity index (χ1v) is 10.9. The lowest BCUT2D eigenvalue weighted by Gasteiger charge is -2.34. The molecule has 0 saturated carbocycles. The van der Waals surface area contributed by atoms with E-state index in [0.717, 1.165) is 35.5 Å². The van der Waals surface area contributed by atoms with Gasteiger partial charge in [-0.05, 0) is 39.7 Å². The highest BCUT2D eigenvalue weighted by Gasteiger charge is 2.29. The van der Waals surface area contributed by atoms with Crippen LogP contribution in [0.1, 0.15) is 49.7 Å². The fourth-order valence-corrected chi connectivity index (χ4v) is 4.04. The van der Waals surface area contributed by atoms with Crippen LogP contribution in [0.25, 0.3) is 11.3 Å². The summed E-state index contributed by atoms with van der Waals surface area (Å²) in [5, 5.41) is 6.51. The van der Waals surface area contributed by atoms with Gasteiger partial charge in [0.1, 0.15) is 5.60 Å². The number of aromatic nitrogens is 1. The number of hydrogen-bond donors (Lipinski definition) is 2. The van der Waals surface area contributed by atoms with Gasteiger partial charge < -0.3 is 20.3 Å². The van der Waals surface area contributed by atoms with Crippen LogP contribution in [0.3, 0.4) is 0 Å². The first kappa shape index (κ1) is 21.2. The number of amides is 2. The summed E-state index contributed by atoms with van der Waals surface area (Å²) in [6.45, 7) is 7.48. The molecular weight excluding hydrogens is 392 g/mol. The van der Waals surface area contributed by atoms with Crippen molar-refractivity contribution in [2.45, 2.75) is 51.7 Å². The number of anilines is 1. The highest BCUT2D eigenvalue weighted by atomic mass is 16.6. The summed E-state index contributed by atoms with van der Waals surface area (Å²) in [5.41, 5.74) is 3.68. The molecule has 7 heteroatoms. The predicted octanol–water partition coefficient (Wildman–Crippen LogP) is 3.85. The molecule has 1 aromatic heterocycles. The Kier molecular flexibility index (Phi) is 5.85. The van der Waals surface area contributed by atoms with E-state index >= 15 is 0 Å². The van der Waals surface area contributed by atoms with Crippen molar-refractivity contribution in [3.05, 3.63) is 47.7 Å². The topological polar surface area (TPSA) is 83.6 Å². The zero-order valence-electron chi connectivity index (χ0n) is 18.4. The molecule has 2 aliphatic rings. The number of carbonyl (C=O) groups is 2. The lowest BCUT2D eigenvalue weighted by Crippen LogP contribution is -2.44. The first-order valence-electron chi connectivity index (χ1n) is 10.9. The molecule has 4 rings (SSSR count). The number of benzene rings is 1. The Hall–Kier alpha value is -3.09. The van der Waals surface area contributed by atoms with Gasteiger partial charge in [0, 0.05) is 37.7 Å². The van der Waals surface area contributed by atoms with Gasteiger partial charge >= 0.3 is 6.09 Å². The highest BCUT2D eigenvalue weighted by Crippen LogP contribution is 2.30. The van der Waals surface area contributed by atoms with Crippen LogP contribution >= 0.6 is 0 Å². The van der Waals surface area contributed by atoms with Gasteiger partial charge in [0.2, 0.25) is 0 Å². The molecule has 2 N–H and O–H groups in total. The Labute approximate surface area is 183 Å². The minimum Gasteiger partial charge on any atom is -0.444 e. The summed E-state index contributed by atoms with van der Waals surface area (Å²) >= 11 is 0. The molecule has 31 heavy (non-hydrogen) atoms. The van der Waals surface area contributed by atoms with E-state index in [9.17, 15) is 9.59 Å². The number of fused-ring (bicyclic) bond motifs is 1. The summed E-state index contributed by atoms with van der Waals surface area (Å²) in [5.74, 6) is -0.0814. The molecule has 0 radical (unpaired) electrons. The Bertz CT molecular complexity index is 961. The maximum absolute atomic E-state index is 12.6. The van der Waals surface area contributed by atoms with Gasteiger partial charge in [-0.25, -0.2) is 4.79 Å². The van der Waals surface area contributed by atoms with Gasteiger partial charge in [-0.1, -0.05) is 30.3 Å². The van der Waals surface area contributed by atoms with E-state index in [0.29, 0.717) is 31.6 Å². The van der Waals surface area contributed by atoms with E-state index in [1.165, 1.54) is 0 Å². The minimum absolute atomic E-state index is 0.0814. The van der Waals surface area contributed by atoms with Gasteiger partial charge in [0.05, 0.1) is 22.6 Å². The molecule has 7 nitrogen and oxygen atoms in total. The molecule has 0 spiro atoms. The van der Waals surface area contributed by atoms with E-state index in [-0.39, 0.29) is 18.0 Å². The van der Waals surface area contributed by atoms with Crippen LogP contribution in [0.15, 0.2) is 36.4 Å². The number of nitrogens with zero attached hydrogens (tertiary/aromatic N) is 2. The van der Waals surface area contributed by atoms with Crippen LogP contribution in [0.5, 0.6) is 0 Å². The van der Waals surface area contributed by atoms with Crippen LogP contribution in [0.4, 0.5) is 10.5 Å². The van der Waals surface area contributed by atoms with E-state index in [2.05, 4.69) is 10.6 Å². The minimum atomic E-state index is -0.497. The number of piperidine rings is 1. The summed E-state index contributed by atoms with van der Waals surface area (Å²) in [4.78, 5) is 31.5. The fourth-order valence-electron chi connectivity index (χ4n) is 4.04. The summed E-state index contributed by atoms with van der Waals surface area (Å²) in [6, 6.07) is 12.2. The highest BCUT2D eigenvalue weighted by molar-refractivity contribution is 6.02. The lowest BCUT2D eigenvalue weighted by molar-refractivity contribution is 0.0210. The normalized spacial score (nSPS) is 17.0. The van der Waals surface area contributed by atoms with Crippen molar-refractivity contribution in [1.29, 1.82) is 0 Å². The number of hydrogen-bond acceptors (Lipinski definition) is 5. The van der Waals surface area contributed by atoms with Gasteiger partial charge in [0.25, 0.3) is 5.91 Å². The molecule has 1 aromatic carbocycles. The molecule has 3 heterocycles. The summed E-state index contributed by atoms with van der Waals surface area (Å²) in [6.07, 6.45) is 2.03. The van der Waals surface area contributed by atoms with E-state index in [1.807, 2.05) is 57.2 Å². The van der Waals surface area contributed by atoms with Crippen LogP contribution in [0, 0.1) is 0 Å². The second-order valence-corrected chi connectivity index (χ2v) is 9.13. The van der Waals surface area contributed by atoms with E-state index < -0.39 is 5.60 Å². The molecule has 1 saturated heterocycles. The third-order valence-corrected chi connectivity index (χ3v) is 5.54. The molecule has 2 aliphatic heterocycles. The Morgan fingerprint density at radius 1 is 1.19 bits per heavy atom. The van der Waals surface area contributed by atoms with Crippen molar-refractivity contribution in [1.82, 2.24) is 15.2 Å². The van der Waals surface area contributed by atoms with Crippen molar-refractivity contribution in [3.8, 4) is 11.3 Å². The SMILES string of the molecule is CC(C)(C)OC(=O)N1CCC(Nc2cc(-c3ccccc3)nc3c2C(=O)NCC3)CC1. The Morgan fingerprint density at radius 2 is 1.90 bits per heavy atom. The zero-order chi connectivity index (χ0) is 22.0. The van der Waals surface area contributed by atoms with Gasteiger partial charge in [0.15, 0.2) is 0 Å². The number of nitrogens with one attached hydrogen (secondary N) is 2. The van der Waals surface area contributed by atoms with Gasteiger partial charge in [-0.3, -0.25) is 9.78 Å². The largest absolute Gasteiger partial charge is 0.444 e. The summed E-state index contributed by atoms with van der Waals surface area (Å²) < 4.78 is 5.49. The second kappa shape index (κ2) is 8.57. The van der Waals surface area contributed by atoms with Crippen LogP contribution < -0.4 is 10.6 Å². The summed E-state index contributed by atoms with van der Waals surface area (Å²) in [7, 11) is 0. The fraction of sp³-hybridized carbons (Fsp3) is 0.458.